The first-order valence-electron chi connectivity index (χ1n) is 9.30. The molecule has 0 bridgehead atoms. The van der Waals surface area contributed by atoms with E-state index in [1.807, 2.05) is 30.5 Å². The Bertz CT molecular complexity index is 1070. The third-order valence-electron chi connectivity index (χ3n) is 4.96. The number of amides is 2. The summed E-state index contributed by atoms with van der Waals surface area (Å²) in [6.07, 6.45) is 6.14. The Labute approximate surface area is 163 Å². The number of carbonyl (C=O) groups excluding carboxylic acids is 2. The number of nitrogens with zero attached hydrogens (tertiary/aromatic N) is 1. The summed E-state index contributed by atoms with van der Waals surface area (Å²) in [6, 6.07) is 13.0. The largest absolute Gasteiger partial charge is 0.386 e. The number of nitrogens with one attached hydrogen (secondary N) is 1. The first-order valence-corrected chi connectivity index (χ1v) is 9.30. The molecule has 1 aliphatic heterocycles. The van der Waals surface area contributed by atoms with Gasteiger partial charge in [-0.2, -0.15) is 0 Å². The van der Waals surface area contributed by atoms with Gasteiger partial charge in [-0.25, -0.2) is 0 Å². The molecule has 0 fully saturated rings. The molecule has 0 spiro atoms. The van der Waals surface area contributed by atoms with Gasteiger partial charge in [0, 0.05) is 23.6 Å². The van der Waals surface area contributed by atoms with Crippen LogP contribution in [0.25, 0.3) is 17.0 Å². The molecule has 0 atom stereocenters. The molecule has 28 heavy (non-hydrogen) atoms. The molecule has 0 saturated carbocycles. The number of benzene rings is 2. The lowest BCUT2D eigenvalue weighted by Gasteiger charge is -2.13. The van der Waals surface area contributed by atoms with E-state index < -0.39 is 5.60 Å². The smallest absolute Gasteiger partial charge is 0.261 e. The fourth-order valence-corrected chi connectivity index (χ4v) is 3.48. The SMILES string of the molecule is CC(C)(O)C=Cc1ccc2[nH]cc(CCN3C(=O)c4ccccc4C3=O)c2c1. The topological polar surface area (TPSA) is 73.4 Å². The number of aliphatic hydroxyl groups is 1. The van der Waals surface area contributed by atoms with Crippen LogP contribution < -0.4 is 0 Å². The van der Waals surface area contributed by atoms with Crippen LogP contribution in [0.15, 0.2) is 54.7 Å². The summed E-state index contributed by atoms with van der Waals surface area (Å²) in [6.45, 7) is 3.79. The zero-order valence-corrected chi connectivity index (χ0v) is 15.9. The maximum atomic E-state index is 12.5. The van der Waals surface area contributed by atoms with E-state index in [-0.39, 0.29) is 11.8 Å². The Morgan fingerprint density at radius 2 is 1.75 bits per heavy atom. The number of carbonyl (C=O) groups is 2. The number of fused-ring (bicyclic) bond motifs is 2. The average molecular weight is 374 g/mol. The molecule has 2 amide bonds. The van der Waals surface area contributed by atoms with Crippen molar-refractivity contribution in [3.05, 3.63) is 77.0 Å². The molecule has 0 aliphatic carbocycles. The molecule has 4 rings (SSSR count). The van der Waals surface area contributed by atoms with Crippen LogP contribution in [0.2, 0.25) is 0 Å². The predicted octanol–water partition coefficient (Wildman–Crippen LogP) is 3.79. The number of imide groups is 1. The van der Waals surface area contributed by atoms with Crippen LogP contribution in [-0.2, 0) is 6.42 Å². The van der Waals surface area contributed by atoms with E-state index in [4.69, 9.17) is 0 Å². The van der Waals surface area contributed by atoms with Gasteiger partial charge in [0.1, 0.15) is 0 Å². The Balaban J connectivity index is 1.55. The van der Waals surface area contributed by atoms with Crippen molar-refractivity contribution >= 4 is 28.8 Å². The molecule has 3 aromatic rings. The summed E-state index contributed by atoms with van der Waals surface area (Å²) in [7, 11) is 0. The lowest BCUT2D eigenvalue weighted by atomic mass is 10.0. The van der Waals surface area contributed by atoms with Crippen LogP contribution in [0.1, 0.15) is 45.7 Å². The van der Waals surface area contributed by atoms with E-state index >= 15 is 0 Å². The number of hydrogen-bond acceptors (Lipinski definition) is 3. The molecule has 0 saturated heterocycles. The van der Waals surface area contributed by atoms with Gasteiger partial charge in [0.05, 0.1) is 16.7 Å². The summed E-state index contributed by atoms with van der Waals surface area (Å²) >= 11 is 0. The van der Waals surface area contributed by atoms with Crippen LogP contribution in [0.4, 0.5) is 0 Å². The van der Waals surface area contributed by atoms with Gasteiger partial charge in [-0.15, -0.1) is 0 Å². The minimum atomic E-state index is -0.874. The van der Waals surface area contributed by atoms with E-state index in [0.717, 1.165) is 22.0 Å². The standard InChI is InChI=1S/C23H22N2O3/c1-23(2,28)11-9-15-7-8-20-19(13-15)16(14-24-20)10-12-25-21(26)17-5-3-4-6-18(17)22(25)27/h3-9,11,13-14,24,28H,10,12H2,1-2H3. The number of hydrogen-bond donors (Lipinski definition) is 2. The van der Waals surface area contributed by atoms with Crippen molar-refractivity contribution in [2.24, 2.45) is 0 Å². The summed E-state index contributed by atoms with van der Waals surface area (Å²) in [5.74, 6) is -0.455. The van der Waals surface area contributed by atoms with Crippen LogP contribution in [-0.4, -0.2) is 39.0 Å². The van der Waals surface area contributed by atoms with E-state index in [1.54, 1.807) is 44.2 Å². The predicted molar refractivity (Wildman–Crippen MR) is 109 cm³/mol. The van der Waals surface area contributed by atoms with Gasteiger partial charge in [0.2, 0.25) is 0 Å². The second-order valence-electron chi connectivity index (χ2n) is 7.66. The number of aromatic amines is 1. The van der Waals surface area contributed by atoms with Crippen LogP contribution in [0, 0.1) is 0 Å². The lowest BCUT2D eigenvalue weighted by Crippen LogP contribution is -2.31. The van der Waals surface area contributed by atoms with Gasteiger partial charge in [-0.05, 0) is 55.7 Å². The van der Waals surface area contributed by atoms with Crippen LogP contribution in [0.5, 0.6) is 0 Å². The highest BCUT2D eigenvalue weighted by Crippen LogP contribution is 2.25. The molecule has 1 aliphatic rings. The molecular weight excluding hydrogens is 352 g/mol. The first kappa shape index (κ1) is 18.2. The van der Waals surface area contributed by atoms with Gasteiger partial charge in [0.15, 0.2) is 0 Å². The molecule has 5 nitrogen and oxygen atoms in total. The van der Waals surface area contributed by atoms with Crippen molar-refractivity contribution in [2.75, 3.05) is 6.54 Å². The molecular formula is C23H22N2O3. The van der Waals surface area contributed by atoms with E-state index in [1.165, 1.54) is 4.90 Å². The minimum Gasteiger partial charge on any atom is -0.386 e. The van der Waals surface area contributed by atoms with Gasteiger partial charge < -0.3 is 10.1 Å². The summed E-state index contributed by atoms with van der Waals surface area (Å²) in [4.78, 5) is 29.6. The highest BCUT2D eigenvalue weighted by molar-refractivity contribution is 6.21. The zero-order chi connectivity index (χ0) is 19.9. The molecule has 2 N–H and O–H groups in total. The quantitative estimate of drug-likeness (QED) is 0.668. The molecule has 2 heterocycles. The number of aromatic nitrogens is 1. The number of rotatable bonds is 5. The monoisotopic (exact) mass is 374 g/mol. The number of H-pyrrole nitrogens is 1. The first-order chi connectivity index (χ1) is 13.3. The van der Waals surface area contributed by atoms with Crippen molar-refractivity contribution in [3.8, 4) is 0 Å². The fraction of sp³-hybridized carbons (Fsp3) is 0.217. The third kappa shape index (κ3) is 3.37. The zero-order valence-electron chi connectivity index (χ0n) is 15.9. The third-order valence-corrected chi connectivity index (χ3v) is 4.96. The maximum absolute atomic E-state index is 12.5. The van der Waals surface area contributed by atoms with Crippen molar-refractivity contribution in [1.29, 1.82) is 0 Å². The van der Waals surface area contributed by atoms with E-state index in [0.29, 0.717) is 24.1 Å². The molecule has 1 aromatic heterocycles. The van der Waals surface area contributed by atoms with Crippen molar-refractivity contribution < 1.29 is 14.7 Å². The Hall–Kier alpha value is -3.18. The maximum Gasteiger partial charge on any atom is 0.261 e. The van der Waals surface area contributed by atoms with Gasteiger partial charge >= 0.3 is 0 Å². The van der Waals surface area contributed by atoms with Crippen LogP contribution >= 0.6 is 0 Å². The molecule has 2 aromatic carbocycles. The highest BCUT2D eigenvalue weighted by Gasteiger charge is 2.34. The van der Waals surface area contributed by atoms with Gasteiger partial charge in [-0.1, -0.05) is 30.4 Å². The molecule has 0 radical (unpaired) electrons. The highest BCUT2D eigenvalue weighted by atomic mass is 16.3. The normalized spacial score (nSPS) is 14.5. The molecule has 5 heteroatoms. The van der Waals surface area contributed by atoms with Gasteiger partial charge in [-0.3, -0.25) is 14.5 Å². The van der Waals surface area contributed by atoms with Crippen molar-refractivity contribution in [1.82, 2.24) is 9.88 Å². The van der Waals surface area contributed by atoms with Crippen molar-refractivity contribution in [2.45, 2.75) is 25.9 Å². The Morgan fingerprint density at radius 3 is 2.39 bits per heavy atom. The van der Waals surface area contributed by atoms with Gasteiger partial charge in [0.25, 0.3) is 11.8 Å². The Morgan fingerprint density at radius 1 is 1.07 bits per heavy atom. The second kappa shape index (κ2) is 6.77. The summed E-state index contributed by atoms with van der Waals surface area (Å²) in [5, 5.41) is 10.9. The van der Waals surface area contributed by atoms with Crippen molar-refractivity contribution in [3.63, 3.8) is 0 Å². The minimum absolute atomic E-state index is 0.228. The van der Waals surface area contributed by atoms with E-state index in [9.17, 15) is 14.7 Å². The lowest BCUT2D eigenvalue weighted by molar-refractivity contribution is 0.0656. The Kier molecular flexibility index (Phi) is 4.40. The van der Waals surface area contributed by atoms with Crippen LogP contribution in [0.3, 0.4) is 0 Å². The second-order valence-corrected chi connectivity index (χ2v) is 7.66. The molecule has 0 unspecified atom stereocenters. The average Bonchev–Trinajstić information content (AvgIpc) is 3.17. The van der Waals surface area contributed by atoms with E-state index in [2.05, 4.69) is 4.98 Å². The summed E-state index contributed by atoms with van der Waals surface area (Å²) < 4.78 is 0. The summed E-state index contributed by atoms with van der Waals surface area (Å²) in [5.41, 5.74) is 3.11. The molecule has 142 valence electrons. The fourth-order valence-electron chi connectivity index (χ4n) is 3.48.